The maximum Gasteiger partial charge on any atom is 0.193 e. The van der Waals surface area contributed by atoms with Gasteiger partial charge in [-0.3, -0.25) is 0 Å². The van der Waals surface area contributed by atoms with Gasteiger partial charge in [-0.15, -0.1) is 5.10 Å². The zero-order valence-electron chi connectivity index (χ0n) is 7.69. The SMILES string of the molecule is Cn1nnc(Br)c1C(O)c1ccc(Cl)o1. The normalized spacial score (nSPS) is 13.1. The molecule has 0 spiro atoms. The molecule has 2 aromatic heterocycles. The number of aliphatic hydroxyl groups is 1. The second-order valence-electron chi connectivity index (χ2n) is 2.93. The minimum absolute atomic E-state index is 0.232. The van der Waals surface area contributed by atoms with Crippen molar-refractivity contribution in [3.8, 4) is 0 Å². The van der Waals surface area contributed by atoms with E-state index in [0.29, 0.717) is 16.1 Å². The van der Waals surface area contributed by atoms with Gasteiger partial charge in [0.05, 0.1) is 0 Å². The van der Waals surface area contributed by atoms with Crippen LogP contribution in [0.15, 0.2) is 21.2 Å². The zero-order valence-corrected chi connectivity index (χ0v) is 10.0. The van der Waals surface area contributed by atoms with Crippen LogP contribution in [0.2, 0.25) is 5.22 Å². The average molecular weight is 293 g/mol. The lowest BCUT2D eigenvalue weighted by molar-refractivity contribution is 0.179. The summed E-state index contributed by atoms with van der Waals surface area (Å²) in [7, 11) is 1.68. The Balaban J connectivity index is 2.40. The van der Waals surface area contributed by atoms with E-state index in [1.165, 1.54) is 4.68 Å². The largest absolute Gasteiger partial charge is 0.447 e. The maximum atomic E-state index is 9.97. The van der Waals surface area contributed by atoms with Crippen molar-refractivity contribution in [2.45, 2.75) is 6.10 Å². The number of aromatic nitrogens is 3. The number of nitrogens with zero attached hydrogens (tertiary/aromatic N) is 3. The number of rotatable bonds is 2. The highest BCUT2D eigenvalue weighted by Gasteiger charge is 2.22. The molecule has 2 aromatic rings. The molecule has 0 aliphatic heterocycles. The lowest BCUT2D eigenvalue weighted by Gasteiger charge is -2.07. The third-order valence-electron chi connectivity index (χ3n) is 1.95. The number of hydrogen-bond acceptors (Lipinski definition) is 4. The molecule has 2 rings (SSSR count). The molecule has 0 radical (unpaired) electrons. The maximum absolute atomic E-state index is 9.97. The van der Waals surface area contributed by atoms with Gasteiger partial charge in [0.25, 0.3) is 0 Å². The molecule has 0 amide bonds. The predicted octanol–water partition coefficient (Wildman–Crippen LogP) is 1.91. The van der Waals surface area contributed by atoms with Gasteiger partial charge in [-0.1, -0.05) is 5.21 Å². The minimum Gasteiger partial charge on any atom is -0.447 e. The fourth-order valence-electron chi connectivity index (χ4n) is 1.24. The van der Waals surface area contributed by atoms with E-state index >= 15 is 0 Å². The fraction of sp³-hybridized carbons (Fsp3) is 0.250. The Hall–Kier alpha value is -0.850. The molecule has 5 nitrogen and oxygen atoms in total. The quantitative estimate of drug-likeness (QED) is 0.918. The Labute approximate surface area is 98.8 Å². The Morgan fingerprint density at radius 3 is 2.80 bits per heavy atom. The van der Waals surface area contributed by atoms with Crippen LogP contribution in [-0.4, -0.2) is 20.1 Å². The van der Waals surface area contributed by atoms with E-state index in [2.05, 4.69) is 26.2 Å². The molecule has 1 atom stereocenters. The standard InChI is InChI=1S/C8H7BrClN3O2/c1-13-6(8(9)11-12-13)7(14)4-2-3-5(10)15-4/h2-3,7,14H,1H3. The molecule has 2 heterocycles. The van der Waals surface area contributed by atoms with E-state index in [0.717, 1.165) is 0 Å². The van der Waals surface area contributed by atoms with Crippen LogP contribution in [0.4, 0.5) is 0 Å². The summed E-state index contributed by atoms with van der Waals surface area (Å²) in [6.07, 6.45) is -0.938. The Morgan fingerprint density at radius 2 is 2.33 bits per heavy atom. The number of aliphatic hydroxyl groups excluding tert-OH is 1. The van der Waals surface area contributed by atoms with Crippen molar-refractivity contribution in [2.75, 3.05) is 0 Å². The van der Waals surface area contributed by atoms with Gasteiger partial charge in [0.2, 0.25) is 0 Å². The van der Waals surface area contributed by atoms with Crippen molar-refractivity contribution < 1.29 is 9.52 Å². The number of furan rings is 1. The van der Waals surface area contributed by atoms with Gasteiger partial charge in [0.15, 0.2) is 15.9 Å². The van der Waals surface area contributed by atoms with Crippen molar-refractivity contribution in [1.82, 2.24) is 15.0 Å². The van der Waals surface area contributed by atoms with Crippen LogP contribution >= 0.6 is 27.5 Å². The molecule has 0 fully saturated rings. The molecule has 0 aliphatic rings. The molecule has 80 valence electrons. The highest BCUT2D eigenvalue weighted by Crippen LogP contribution is 2.28. The molecule has 15 heavy (non-hydrogen) atoms. The van der Waals surface area contributed by atoms with E-state index < -0.39 is 6.10 Å². The summed E-state index contributed by atoms with van der Waals surface area (Å²) >= 11 is 8.81. The summed E-state index contributed by atoms with van der Waals surface area (Å²) in [6, 6.07) is 3.17. The summed E-state index contributed by atoms with van der Waals surface area (Å²) < 4.78 is 7.05. The van der Waals surface area contributed by atoms with E-state index in [1.54, 1.807) is 19.2 Å². The van der Waals surface area contributed by atoms with E-state index in [-0.39, 0.29) is 5.22 Å². The first-order valence-corrected chi connectivity index (χ1v) is 5.25. The van der Waals surface area contributed by atoms with Gasteiger partial charge >= 0.3 is 0 Å². The molecule has 1 unspecified atom stereocenters. The lowest BCUT2D eigenvalue weighted by Crippen LogP contribution is -2.06. The molecule has 0 aliphatic carbocycles. The minimum atomic E-state index is -0.938. The molecule has 0 saturated carbocycles. The number of aryl methyl sites for hydroxylation is 1. The molecular formula is C8H7BrClN3O2. The molecule has 1 N–H and O–H groups in total. The summed E-state index contributed by atoms with van der Waals surface area (Å²) in [5, 5.41) is 17.7. The molecule has 0 aromatic carbocycles. The van der Waals surface area contributed by atoms with E-state index in [9.17, 15) is 5.11 Å². The highest BCUT2D eigenvalue weighted by molar-refractivity contribution is 9.10. The topological polar surface area (TPSA) is 64.1 Å². The molecule has 0 bridgehead atoms. The monoisotopic (exact) mass is 291 g/mol. The van der Waals surface area contributed by atoms with Crippen molar-refractivity contribution in [3.05, 3.63) is 33.4 Å². The van der Waals surface area contributed by atoms with Crippen LogP contribution in [0.3, 0.4) is 0 Å². The summed E-state index contributed by atoms with van der Waals surface area (Å²) in [4.78, 5) is 0. The second kappa shape index (κ2) is 3.96. The summed E-state index contributed by atoms with van der Waals surface area (Å²) in [5.41, 5.74) is 0.515. The zero-order chi connectivity index (χ0) is 11.0. The van der Waals surface area contributed by atoms with Crippen molar-refractivity contribution in [2.24, 2.45) is 7.05 Å². The Bertz CT molecular complexity index is 462. The second-order valence-corrected chi connectivity index (χ2v) is 4.06. The fourth-order valence-corrected chi connectivity index (χ4v) is 1.94. The summed E-state index contributed by atoms with van der Waals surface area (Å²) in [6.45, 7) is 0. The first-order valence-electron chi connectivity index (χ1n) is 4.08. The van der Waals surface area contributed by atoms with Crippen molar-refractivity contribution >= 4 is 27.5 Å². The van der Waals surface area contributed by atoms with Crippen LogP contribution in [0, 0.1) is 0 Å². The van der Waals surface area contributed by atoms with Crippen LogP contribution in [-0.2, 0) is 7.05 Å². The molecule has 7 heteroatoms. The Kier molecular flexibility index (Phi) is 2.81. The van der Waals surface area contributed by atoms with Gasteiger partial charge in [0.1, 0.15) is 11.5 Å². The Morgan fingerprint density at radius 1 is 1.60 bits per heavy atom. The van der Waals surface area contributed by atoms with Gasteiger partial charge in [-0.2, -0.15) is 0 Å². The lowest BCUT2D eigenvalue weighted by atomic mass is 10.2. The van der Waals surface area contributed by atoms with Gasteiger partial charge in [-0.25, -0.2) is 4.68 Å². The van der Waals surface area contributed by atoms with Crippen LogP contribution < -0.4 is 0 Å². The van der Waals surface area contributed by atoms with Gasteiger partial charge < -0.3 is 9.52 Å². The molecular weight excluding hydrogens is 285 g/mol. The third kappa shape index (κ3) is 1.92. The smallest absolute Gasteiger partial charge is 0.193 e. The van der Waals surface area contributed by atoms with Crippen LogP contribution in [0.25, 0.3) is 0 Å². The van der Waals surface area contributed by atoms with Gasteiger partial charge in [-0.05, 0) is 39.7 Å². The molecule has 0 saturated heterocycles. The van der Waals surface area contributed by atoms with E-state index in [1.807, 2.05) is 0 Å². The predicted molar refractivity (Wildman–Crippen MR) is 56.5 cm³/mol. The first kappa shape index (κ1) is 10.7. The van der Waals surface area contributed by atoms with Crippen LogP contribution in [0.5, 0.6) is 0 Å². The van der Waals surface area contributed by atoms with Crippen molar-refractivity contribution in [3.63, 3.8) is 0 Å². The third-order valence-corrected chi connectivity index (χ3v) is 2.72. The highest BCUT2D eigenvalue weighted by atomic mass is 79.9. The number of hydrogen-bond donors (Lipinski definition) is 1. The van der Waals surface area contributed by atoms with Gasteiger partial charge in [0, 0.05) is 7.05 Å². The van der Waals surface area contributed by atoms with E-state index in [4.69, 9.17) is 16.0 Å². The average Bonchev–Trinajstić information content (AvgIpc) is 2.73. The van der Waals surface area contributed by atoms with Crippen LogP contribution in [0.1, 0.15) is 17.6 Å². The number of halogens is 2. The summed E-state index contributed by atoms with van der Waals surface area (Å²) in [5.74, 6) is 0.353. The first-order chi connectivity index (χ1) is 7.09. The van der Waals surface area contributed by atoms with Crippen molar-refractivity contribution in [1.29, 1.82) is 0 Å².